The first kappa shape index (κ1) is 13.1. The van der Waals surface area contributed by atoms with Crippen molar-refractivity contribution in [3.63, 3.8) is 0 Å². The van der Waals surface area contributed by atoms with Gasteiger partial charge in [0.1, 0.15) is 0 Å². The first-order valence-corrected chi connectivity index (χ1v) is 12.4. The minimum Gasteiger partial charge on any atom is -0.420 e. The van der Waals surface area contributed by atoms with E-state index in [0.29, 0.717) is 0 Å². The van der Waals surface area contributed by atoms with E-state index in [1.807, 2.05) is 18.2 Å². The van der Waals surface area contributed by atoms with Crippen molar-refractivity contribution >= 4 is 27.3 Å². The van der Waals surface area contributed by atoms with Gasteiger partial charge in [-0.1, -0.05) is 30.3 Å². The molecule has 0 spiro atoms. The third-order valence-electron chi connectivity index (χ3n) is 2.62. The molecule has 0 saturated carbocycles. The van der Waals surface area contributed by atoms with Crippen LogP contribution in [-0.2, 0) is 18.9 Å². The Morgan fingerprint density at radius 2 is 1.71 bits per heavy atom. The van der Waals surface area contributed by atoms with E-state index < -0.39 is 27.3 Å². The minimum absolute atomic E-state index is 0.797. The maximum absolute atomic E-state index is 5.92. The van der Waals surface area contributed by atoms with E-state index in [9.17, 15) is 0 Å². The topological polar surface area (TPSA) is 39.7 Å². The summed E-state index contributed by atoms with van der Waals surface area (Å²) in [5.74, 6) is 0. The molecule has 2 unspecified atom stereocenters. The quantitative estimate of drug-likeness (QED) is 0.845. The Labute approximate surface area is 107 Å². The van der Waals surface area contributed by atoms with E-state index in [2.05, 4.69) is 36.8 Å². The molecule has 2 atom stereocenters. The highest BCUT2D eigenvalue weighted by molar-refractivity contribution is 6.80. The van der Waals surface area contributed by atoms with Gasteiger partial charge < -0.3 is 12.3 Å². The summed E-state index contributed by atoms with van der Waals surface area (Å²) in [4.78, 5) is 3.46. The van der Waals surface area contributed by atoms with Gasteiger partial charge in [0, 0.05) is 6.54 Å². The lowest BCUT2D eigenvalue weighted by Gasteiger charge is -2.38. The van der Waals surface area contributed by atoms with Crippen LogP contribution in [0.1, 0.15) is 5.56 Å². The molecule has 4 nitrogen and oxygen atoms in total. The lowest BCUT2D eigenvalue weighted by molar-refractivity contribution is 0.256. The maximum Gasteiger partial charge on any atom is 0.403 e. The lowest BCUT2D eigenvalue weighted by Crippen LogP contribution is -2.63. The van der Waals surface area contributed by atoms with Crippen molar-refractivity contribution in [1.82, 2.24) is 4.98 Å². The highest BCUT2D eigenvalue weighted by atomic mass is 28.5. The standard InChI is InChI=1S/C10H19NO3Si3/c1-15-12-16(2)14-17(3,13-15)11-9-10-7-5-4-6-8-10/h4-8,11,15-16H,9H2,1-3H3. The van der Waals surface area contributed by atoms with Crippen LogP contribution in [0.5, 0.6) is 0 Å². The van der Waals surface area contributed by atoms with Crippen molar-refractivity contribution in [2.45, 2.75) is 26.2 Å². The van der Waals surface area contributed by atoms with Crippen LogP contribution in [-0.4, -0.2) is 27.3 Å². The van der Waals surface area contributed by atoms with E-state index in [0.717, 1.165) is 6.54 Å². The number of benzene rings is 1. The first-order valence-electron chi connectivity index (χ1n) is 5.87. The Bertz CT molecular complexity index is 355. The minimum atomic E-state index is -2.20. The molecule has 1 aliphatic heterocycles. The Hall–Kier alpha value is -0.289. The number of nitrogens with one attached hydrogen (secondary N) is 1. The number of hydrogen-bond acceptors (Lipinski definition) is 4. The number of rotatable bonds is 3. The fourth-order valence-corrected chi connectivity index (χ4v) is 12.5. The van der Waals surface area contributed by atoms with Crippen molar-refractivity contribution in [3.05, 3.63) is 35.9 Å². The van der Waals surface area contributed by atoms with Gasteiger partial charge in [-0.25, -0.2) is 0 Å². The molecule has 1 heterocycles. The maximum atomic E-state index is 5.92. The second-order valence-corrected chi connectivity index (χ2v) is 11.8. The summed E-state index contributed by atoms with van der Waals surface area (Å²) < 4.78 is 17.5. The van der Waals surface area contributed by atoms with Crippen molar-refractivity contribution in [1.29, 1.82) is 0 Å². The predicted molar refractivity (Wildman–Crippen MR) is 74.2 cm³/mol. The molecule has 1 fully saturated rings. The van der Waals surface area contributed by atoms with Crippen molar-refractivity contribution in [3.8, 4) is 0 Å². The normalized spacial score (nSPS) is 33.6. The molecule has 1 aromatic carbocycles. The van der Waals surface area contributed by atoms with Gasteiger partial charge in [-0.3, -0.25) is 4.98 Å². The molecule has 0 aromatic heterocycles. The van der Waals surface area contributed by atoms with Crippen LogP contribution in [0.25, 0.3) is 0 Å². The number of hydrogen-bond donors (Lipinski definition) is 1. The van der Waals surface area contributed by atoms with Gasteiger partial charge in [-0.15, -0.1) is 0 Å². The summed E-state index contributed by atoms with van der Waals surface area (Å²) in [7, 11) is -5.13. The van der Waals surface area contributed by atoms with Crippen LogP contribution in [0.2, 0.25) is 19.6 Å². The Balaban J connectivity index is 1.93. The molecule has 0 radical (unpaired) electrons. The lowest BCUT2D eigenvalue weighted by atomic mass is 10.2. The molecular formula is C10H19NO3Si3. The van der Waals surface area contributed by atoms with Gasteiger partial charge >= 0.3 is 27.3 Å². The summed E-state index contributed by atoms with van der Waals surface area (Å²) in [5, 5.41) is 0. The molecule has 0 amide bonds. The Morgan fingerprint density at radius 3 is 2.29 bits per heavy atom. The third-order valence-corrected chi connectivity index (χ3v) is 12.8. The Kier molecular flexibility index (Phi) is 4.31. The van der Waals surface area contributed by atoms with Gasteiger partial charge in [0.2, 0.25) is 0 Å². The fourth-order valence-electron chi connectivity index (χ4n) is 1.93. The molecule has 1 aromatic rings. The molecule has 2 rings (SSSR count). The smallest absolute Gasteiger partial charge is 0.403 e. The SMILES string of the molecule is C[SiH]1O[SiH](C)O[Si](C)(NCc2ccccc2)O1. The second-order valence-electron chi connectivity index (χ2n) is 4.29. The van der Waals surface area contributed by atoms with Gasteiger partial charge in [-0.2, -0.15) is 0 Å². The first-order chi connectivity index (χ1) is 8.07. The monoisotopic (exact) mass is 285 g/mol. The molecule has 94 valence electrons. The highest BCUT2D eigenvalue weighted by Gasteiger charge is 2.41. The van der Waals surface area contributed by atoms with Crippen LogP contribution < -0.4 is 4.98 Å². The van der Waals surface area contributed by atoms with Gasteiger partial charge in [-0.05, 0) is 25.2 Å². The predicted octanol–water partition coefficient (Wildman–Crippen LogP) is 1.11. The van der Waals surface area contributed by atoms with Gasteiger partial charge in [0.25, 0.3) is 0 Å². The van der Waals surface area contributed by atoms with Crippen LogP contribution in [0.15, 0.2) is 30.3 Å². The van der Waals surface area contributed by atoms with Crippen LogP contribution >= 0.6 is 0 Å². The summed E-state index contributed by atoms with van der Waals surface area (Å²) in [6.07, 6.45) is 0. The van der Waals surface area contributed by atoms with Crippen molar-refractivity contribution in [2.75, 3.05) is 0 Å². The zero-order valence-corrected chi connectivity index (χ0v) is 13.8. The summed E-state index contributed by atoms with van der Waals surface area (Å²) in [6.45, 7) is 7.01. The van der Waals surface area contributed by atoms with E-state index in [-0.39, 0.29) is 0 Å². The molecule has 1 aliphatic rings. The molecule has 1 saturated heterocycles. The van der Waals surface area contributed by atoms with Gasteiger partial charge in [0.05, 0.1) is 0 Å². The highest BCUT2D eigenvalue weighted by Crippen LogP contribution is 2.15. The van der Waals surface area contributed by atoms with Gasteiger partial charge in [0.15, 0.2) is 0 Å². The molecule has 0 bridgehead atoms. The molecule has 0 aliphatic carbocycles. The summed E-state index contributed by atoms with van der Waals surface area (Å²) in [6, 6.07) is 10.3. The molecule has 1 N–H and O–H groups in total. The Morgan fingerprint density at radius 1 is 1.12 bits per heavy atom. The summed E-state index contributed by atoms with van der Waals surface area (Å²) >= 11 is 0. The largest absolute Gasteiger partial charge is 0.420 e. The zero-order chi connectivity index (χ0) is 12.3. The van der Waals surface area contributed by atoms with Crippen LogP contribution in [0.3, 0.4) is 0 Å². The van der Waals surface area contributed by atoms with E-state index in [1.165, 1.54) is 5.56 Å². The van der Waals surface area contributed by atoms with E-state index in [4.69, 9.17) is 12.3 Å². The average Bonchev–Trinajstić information content (AvgIpc) is 2.26. The third kappa shape index (κ3) is 3.85. The van der Waals surface area contributed by atoms with E-state index in [1.54, 1.807) is 0 Å². The van der Waals surface area contributed by atoms with Crippen molar-refractivity contribution in [2.24, 2.45) is 0 Å². The van der Waals surface area contributed by atoms with Crippen LogP contribution in [0.4, 0.5) is 0 Å². The fraction of sp³-hybridized carbons (Fsp3) is 0.400. The summed E-state index contributed by atoms with van der Waals surface area (Å²) in [5.41, 5.74) is 1.25. The zero-order valence-electron chi connectivity index (χ0n) is 10.5. The average molecular weight is 286 g/mol. The van der Waals surface area contributed by atoms with Crippen molar-refractivity contribution < 1.29 is 12.3 Å². The molecule has 17 heavy (non-hydrogen) atoms. The molecule has 7 heteroatoms. The second kappa shape index (κ2) is 5.57. The van der Waals surface area contributed by atoms with E-state index >= 15 is 0 Å². The van der Waals surface area contributed by atoms with Crippen LogP contribution in [0, 0.1) is 0 Å². The molecular weight excluding hydrogens is 266 g/mol.